The normalized spacial score (nSPS) is 13.8. The Morgan fingerprint density at radius 1 is 0.632 bits per heavy atom. The van der Waals surface area contributed by atoms with Crippen LogP contribution in [0.1, 0.15) is 0 Å². The highest BCUT2D eigenvalue weighted by Gasteiger charge is 2.09. The minimum Gasteiger partial charge on any atom is -0.341 e. The smallest absolute Gasteiger partial charge is 0.100 e. The molecule has 96 valence electrons. The summed E-state index contributed by atoms with van der Waals surface area (Å²) in [5.41, 5.74) is 13.1. The van der Waals surface area contributed by atoms with Crippen LogP contribution in [0.15, 0.2) is 60.9 Å². The summed E-state index contributed by atoms with van der Waals surface area (Å²) in [4.78, 5) is 0. The molecule has 2 aromatic carbocycles. The van der Waals surface area contributed by atoms with Gasteiger partial charge in [0.1, 0.15) is 5.82 Å². The minimum absolute atomic E-state index is 0.848. The molecule has 0 atom stereocenters. The molecule has 2 aliphatic rings. The van der Waals surface area contributed by atoms with Gasteiger partial charge in [0.2, 0.25) is 0 Å². The van der Waals surface area contributed by atoms with Crippen LogP contribution in [-0.2, 0) is 0 Å². The van der Waals surface area contributed by atoms with E-state index in [0.29, 0.717) is 0 Å². The zero-order chi connectivity index (χ0) is 13.1. The minimum atomic E-state index is 0.848. The Balaban J connectivity index is 0.000000117. The summed E-state index contributed by atoms with van der Waals surface area (Å²) >= 11 is 0. The van der Waals surface area contributed by atoms with Gasteiger partial charge in [-0.3, -0.25) is 0 Å². The van der Waals surface area contributed by atoms with E-state index >= 15 is 0 Å². The summed E-state index contributed by atoms with van der Waals surface area (Å²) in [5.74, 6) is 0.848. The van der Waals surface area contributed by atoms with Gasteiger partial charge < -0.3 is 21.5 Å². The average molecular weight is 253 g/mol. The maximum absolute atomic E-state index is 3.75. The Bertz CT molecular complexity index is 558. The van der Waals surface area contributed by atoms with E-state index in [1.165, 1.54) is 0 Å². The second-order valence-corrected chi connectivity index (χ2v) is 4.19. The third-order valence-corrected chi connectivity index (χ3v) is 2.82. The lowest BCUT2D eigenvalue weighted by Crippen LogP contribution is -2.19. The van der Waals surface area contributed by atoms with E-state index in [1.807, 2.05) is 48.5 Å². The summed E-state index contributed by atoms with van der Waals surface area (Å²) in [7, 11) is 0. The fourth-order valence-corrected chi connectivity index (χ4v) is 1.92. The van der Waals surface area contributed by atoms with E-state index < -0.39 is 0 Å². The van der Waals surface area contributed by atoms with E-state index in [-0.39, 0.29) is 0 Å². The van der Waals surface area contributed by atoms with E-state index in [2.05, 4.69) is 33.6 Å². The second kappa shape index (κ2) is 4.91. The SMILES string of the molecule is C=C1Nc2ccccc2N1.c1ccc2c(c1)NNN2. The molecule has 0 radical (unpaired) electrons. The fraction of sp³-hybridized carbons (Fsp3) is 0. The topological polar surface area (TPSA) is 60.1 Å². The number of hydrogen-bond donors (Lipinski definition) is 5. The predicted molar refractivity (Wildman–Crippen MR) is 79.7 cm³/mol. The molecule has 5 heteroatoms. The summed E-state index contributed by atoms with van der Waals surface area (Å²) in [5, 5.41) is 6.18. The molecule has 0 fully saturated rings. The Morgan fingerprint density at radius 3 is 1.53 bits per heavy atom. The van der Waals surface area contributed by atoms with Crippen molar-refractivity contribution in [3.63, 3.8) is 0 Å². The molecule has 0 bridgehead atoms. The Morgan fingerprint density at radius 2 is 1.05 bits per heavy atom. The van der Waals surface area contributed by atoms with Gasteiger partial charge in [0.25, 0.3) is 0 Å². The molecule has 0 unspecified atom stereocenters. The van der Waals surface area contributed by atoms with E-state index in [9.17, 15) is 0 Å². The standard InChI is InChI=1S/C8H8N2.C6H7N3/c1-6-9-7-4-2-3-5-8(7)10-6;1-2-4-6-5(3-1)7-9-8-6/h2-5,9-10H,1H2;1-4,7-9H. The first-order valence-electron chi connectivity index (χ1n) is 6.01. The molecule has 0 aromatic heterocycles. The highest BCUT2D eigenvalue weighted by molar-refractivity contribution is 5.78. The first-order chi connectivity index (χ1) is 9.33. The van der Waals surface area contributed by atoms with Crippen molar-refractivity contribution in [3.05, 3.63) is 60.9 Å². The van der Waals surface area contributed by atoms with Gasteiger partial charge in [-0.25, -0.2) is 0 Å². The van der Waals surface area contributed by atoms with Crippen LogP contribution in [0.4, 0.5) is 22.7 Å². The van der Waals surface area contributed by atoms with Crippen LogP contribution >= 0.6 is 0 Å². The summed E-state index contributed by atoms with van der Waals surface area (Å²) in [6.45, 7) is 3.75. The van der Waals surface area contributed by atoms with Crippen molar-refractivity contribution in [2.45, 2.75) is 0 Å². The van der Waals surface area contributed by atoms with Crippen molar-refractivity contribution in [3.8, 4) is 0 Å². The second-order valence-electron chi connectivity index (χ2n) is 4.19. The molecule has 0 aliphatic carbocycles. The lowest BCUT2D eigenvalue weighted by molar-refractivity contribution is 1.01. The number of fused-ring (bicyclic) bond motifs is 2. The Kier molecular flexibility index (Phi) is 2.96. The van der Waals surface area contributed by atoms with Crippen molar-refractivity contribution in [2.24, 2.45) is 0 Å². The lowest BCUT2D eigenvalue weighted by Gasteiger charge is -1.92. The molecule has 5 nitrogen and oxygen atoms in total. The molecular weight excluding hydrogens is 238 g/mol. The predicted octanol–water partition coefficient (Wildman–Crippen LogP) is 2.94. The zero-order valence-corrected chi connectivity index (χ0v) is 10.3. The summed E-state index contributed by atoms with van der Waals surface area (Å²) in [6.07, 6.45) is 0. The number of benzene rings is 2. The van der Waals surface area contributed by atoms with Crippen LogP contribution in [0.2, 0.25) is 0 Å². The third-order valence-electron chi connectivity index (χ3n) is 2.82. The molecule has 4 rings (SSSR count). The van der Waals surface area contributed by atoms with Crippen molar-refractivity contribution in [1.82, 2.24) is 5.53 Å². The van der Waals surface area contributed by atoms with E-state index in [4.69, 9.17) is 0 Å². The van der Waals surface area contributed by atoms with Crippen molar-refractivity contribution in [2.75, 3.05) is 21.5 Å². The quantitative estimate of drug-likeness (QED) is 0.500. The van der Waals surface area contributed by atoms with Gasteiger partial charge in [0, 0.05) is 0 Å². The number of anilines is 4. The number of rotatable bonds is 0. The first-order valence-corrected chi connectivity index (χ1v) is 6.01. The fourth-order valence-electron chi connectivity index (χ4n) is 1.92. The largest absolute Gasteiger partial charge is 0.341 e. The van der Waals surface area contributed by atoms with Gasteiger partial charge in [0.15, 0.2) is 0 Å². The molecule has 0 saturated heterocycles. The first kappa shape index (κ1) is 11.4. The van der Waals surface area contributed by atoms with Gasteiger partial charge in [0.05, 0.1) is 22.7 Å². The van der Waals surface area contributed by atoms with Crippen LogP contribution in [0.3, 0.4) is 0 Å². The number of hydrogen-bond acceptors (Lipinski definition) is 5. The Labute approximate surface area is 111 Å². The highest BCUT2D eigenvalue weighted by Crippen LogP contribution is 2.28. The van der Waals surface area contributed by atoms with Gasteiger partial charge >= 0.3 is 0 Å². The summed E-state index contributed by atoms with van der Waals surface area (Å²) in [6, 6.07) is 16.0. The van der Waals surface area contributed by atoms with Crippen molar-refractivity contribution >= 4 is 22.7 Å². The molecule has 2 aromatic rings. The van der Waals surface area contributed by atoms with Crippen LogP contribution in [0.5, 0.6) is 0 Å². The molecule has 0 amide bonds. The van der Waals surface area contributed by atoms with Crippen LogP contribution in [0.25, 0.3) is 0 Å². The molecule has 19 heavy (non-hydrogen) atoms. The van der Waals surface area contributed by atoms with Crippen LogP contribution < -0.4 is 27.0 Å². The van der Waals surface area contributed by atoms with Gasteiger partial charge in [-0.05, 0) is 24.3 Å². The molecule has 2 heterocycles. The Hall–Kier alpha value is -2.66. The highest BCUT2D eigenvalue weighted by atomic mass is 15.6. The molecule has 0 saturated carbocycles. The molecule has 5 N–H and O–H groups in total. The maximum atomic E-state index is 3.75. The summed E-state index contributed by atoms with van der Waals surface area (Å²) < 4.78 is 0. The number of para-hydroxylation sites is 4. The number of nitrogens with one attached hydrogen (secondary N) is 5. The molecule has 2 aliphatic heterocycles. The zero-order valence-electron chi connectivity index (χ0n) is 10.3. The maximum Gasteiger partial charge on any atom is 0.100 e. The molecule has 0 spiro atoms. The number of hydrazine groups is 2. The third kappa shape index (κ3) is 2.46. The van der Waals surface area contributed by atoms with Crippen molar-refractivity contribution in [1.29, 1.82) is 0 Å². The lowest BCUT2D eigenvalue weighted by atomic mass is 10.3. The average Bonchev–Trinajstić information content (AvgIpc) is 3.03. The monoisotopic (exact) mass is 253 g/mol. The van der Waals surface area contributed by atoms with E-state index in [1.54, 1.807) is 0 Å². The van der Waals surface area contributed by atoms with Gasteiger partial charge in [-0.2, -0.15) is 0 Å². The van der Waals surface area contributed by atoms with Gasteiger partial charge in [-0.1, -0.05) is 30.8 Å². The van der Waals surface area contributed by atoms with Crippen LogP contribution in [-0.4, -0.2) is 0 Å². The van der Waals surface area contributed by atoms with Crippen LogP contribution in [0, 0.1) is 0 Å². The van der Waals surface area contributed by atoms with E-state index in [0.717, 1.165) is 28.6 Å². The molecular formula is C14H15N5. The van der Waals surface area contributed by atoms with Gasteiger partial charge in [-0.15, -0.1) is 5.53 Å². The van der Waals surface area contributed by atoms with Crippen molar-refractivity contribution < 1.29 is 0 Å².